The molecule has 0 bridgehead atoms. The van der Waals surface area contributed by atoms with Crippen molar-refractivity contribution in [3.8, 4) is 0 Å². The maximum Gasteiger partial charge on any atom is -0.0206 e. The van der Waals surface area contributed by atoms with Gasteiger partial charge in [0.2, 0.25) is 0 Å². The van der Waals surface area contributed by atoms with E-state index < -0.39 is 0 Å². The Bertz CT molecular complexity index is 284. The lowest BCUT2D eigenvalue weighted by Gasteiger charge is -2.29. The standard InChI is InChI=1S/C22H42/c1-6-10-21(11-7-2)20(5)16-14-18(3)15-17-22-13-9-8-12-19(22)4/h18-19,21-22H,5-17H2,1-4H3. The van der Waals surface area contributed by atoms with Gasteiger partial charge in [0.05, 0.1) is 0 Å². The highest BCUT2D eigenvalue weighted by atomic mass is 14.3. The lowest BCUT2D eigenvalue weighted by molar-refractivity contribution is 0.226. The smallest absolute Gasteiger partial charge is 0.0206 e. The Morgan fingerprint density at radius 2 is 1.64 bits per heavy atom. The predicted octanol–water partition coefficient (Wildman–Crippen LogP) is 7.78. The highest BCUT2D eigenvalue weighted by molar-refractivity contribution is 5.00. The van der Waals surface area contributed by atoms with Crippen LogP contribution in [0.15, 0.2) is 12.2 Å². The summed E-state index contributed by atoms with van der Waals surface area (Å²) in [7, 11) is 0. The van der Waals surface area contributed by atoms with Crippen molar-refractivity contribution in [2.45, 2.75) is 105 Å². The molecule has 0 aromatic rings. The van der Waals surface area contributed by atoms with Crippen LogP contribution < -0.4 is 0 Å². The predicted molar refractivity (Wildman–Crippen MR) is 101 cm³/mol. The van der Waals surface area contributed by atoms with Crippen molar-refractivity contribution in [3.63, 3.8) is 0 Å². The molecule has 0 heteroatoms. The summed E-state index contributed by atoms with van der Waals surface area (Å²) in [5.41, 5.74) is 1.54. The van der Waals surface area contributed by atoms with Crippen molar-refractivity contribution >= 4 is 0 Å². The molecule has 0 nitrogen and oxygen atoms in total. The average Bonchev–Trinajstić information content (AvgIpc) is 2.51. The normalized spacial score (nSPS) is 23.7. The van der Waals surface area contributed by atoms with Gasteiger partial charge in [-0.2, -0.15) is 0 Å². The molecule has 22 heavy (non-hydrogen) atoms. The molecule has 0 saturated heterocycles. The second-order valence-electron chi connectivity index (χ2n) is 8.18. The molecule has 1 aliphatic rings. The highest BCUT2D eigenvalue weighted by Crippen LogP contribution is 2.34. The molecule has 1 rings (SSSR count). The molecule has 0 heterocycles. The summed E-state index contributed by atoms with van der Waals surface area (Å²) >= 11 is 0. The zero-order chi connectivity index (χ0) is 16.4. The van der Waals surface area contributed by atoms with E-state index in [-0.39, 0.29) is 0 Å². The Morgan fingerprint density at radius 1 is 1.00 bits per heavy atom. The summed E-state index contributed by atoms with van der Waals surface area (Å²) < 4.78 is 0. The summed E-state index contributed by atoms with van der Waals surface area (Å²) in [6.07, 6.45) is 16.8. The van der Waals surface area contributed by atoms with Crippen LogP contribution in [0.2, 0.25) is 0 Å². The van der Waals surface area contributed by atoms with Crippen LogP contribution >= 0.6 is 0 Å². The minimum Gasteiger partial charge on any atom is -0.0996 e. The Hall–Kier alpha value is -0.260. The summed E-state index contributed by atoms with van der Waals surface area (Å²) in [5, 5.41) is 0. The SMILES string of the molecule is C=C(CCC(C)CCC1CCCCC1C)C(CCC)CCC. The first-order valence-electron chi connectivity index (χ1n) is 10.3. The molecule has 0 N–H and O–H groups in total. The van der Waals surface area contributed by atoms with E-state index in [0.29, 0.717) is 0 Å². The minimum atomic E-state index is 0.792. The molecule has 3 atom stereocenters. The molecule has 1 saturated carbocycles. The molecule has 0 amide bonds. The van der Waals surface area contributed by atoms with E-state index in [0.717, 1.165) is 23.7 Å². The van der Waals surface area contributed by atoms with Crippen LogP contribution in [0, 0.1) is 23.7 Å². The molecule has 1 aliphatic carbocycles. The fourth-order valence-corrected chi connectivity index (χ4v) is 4.35. The number of rotatable bonds is 11. The van der Waals surface area contributed by atoms with Gasteiger partial charge in [-0.3, -0.25) is 0 Å². The van der Waals surface area contributed by atoms with Gasteiger partial charge < -0.3 is 0 Å². The summed E-state index contributed by atoms with van der Waals surface area (Å²) in [5.74, 6) is 3.68. The maximum absolute atomic E-state index is 4.43. The van der Waals surface area contributed by atoms with Crippen LogP contribution in [-0.2, 0) is 0 Å². The second-order valence-corrected chi connectivity index (χ2v) is 8.18. The van der Waals surface area contributed by atoms with E-state index in [1.165, 1.54) is 77.0 Å². The van der Waals surface area contributed by atoms with Crippen molar-refractivity contribution in [1.29, 1.82) is 0 Å². The molecule has 0 aromatic carbocycles. The van der Waals surface area contributed by atoms with Crippen LogP contribution in [0.3, 0.4) is 0 Å². The molecule has 0 spiro atoms. The number of hydrogen-bond donors (Lipinski definition) is 0. The molecule has 1 fully saturated rings. The lowest BCUT2D eigenvalue weighted by Crippen LogP contribution is -2.17. The van der Waals surface area contributed by atoms with Gasteiger partial charge in [0.25, 0.3) is 0 Å². The monoisotopic (exact) mass is 306 g/mol. The quantitative estimate of drug-likeness (QED) is 0.342. The molecule has 0 radical (unpaired) electrons. The lowest BCUT2D eigenvalue weighted by atomic mass is 9.76. The van der Waals surface area contributed by atoms with Gasteiger partial charge in [-0.1, -0.05) is 84.8 Å². The highest BCUT2D eigenvalue weighted by Gasteiger charge is 2.21. The summed E-state index contributed by atoms with van der Waals surface area (Å²) in [6, 6.07) is 0. The summed E-state index contributed by atoms with van der Waals surface area (Å²) in [4.78, 5) is 0. The Morgan fingerprint density at radius 3 is 2.23 bits per heavy atom. The molecule has 0 aromatic heterocycles. The van der Waals surface area contributed by atoms with E-state index in [1.807, 2.05) is 0 Å². The van der Waals surface area contributed by atoms with Gasteiger partial charge >= 0.3 is 0 Å². The minimum absolute atomic E-state index is 0.792. The van der Waals surface area contributed by atoms with Gasteiger partial charge in [0, 0.05) is 0 Å². The van der Waals surface area contributed by atoms with Gasteiger partial charge in [0.1, 0.15) is 0 Å². The van der Waals surface area contributed by atoms with Gasteiger partial charge in [-0.05, 0) is 55.8 Å². The first kappa shape index (κ1) is 19.8. The topological polar surface area (TPSA) is 0 Å². The van der Waals surface area contributed by atoms with E-state index in [2.05, 4.69) is 34.3 Å². The van der Waals surface area contributed by atoms with E-state index in [4.69, 9.17) is 0 Å². The largest absolute Gasteiger partial charge is 0.0996 e. The van der Waals surface area contributed by atoms with Crippen molar-refractivity contribution < 1.29 is 0 Å². The third-order valence-corrected chi connectivity index (χ3v) is 6.13. The van der Waals surface area contributed by atoms with Crippen LogP contribution in [0.5, 0.6) is 0 Å². The van der Waals surface area contributed by atoms with Crippen molar-refractivity contribution in [1.82, 2.24) is 0 Å². The summed E-state index contributed by atoms with van der Waals surface area (Å²) in [6.45, 7) is 14.0. The second kappa shape index (κ2) is 11.3. The van der Waals surface area contributed by atoms with Crippen molar-refractivity contribution in [3.05, 3.63) is 12.2 Å². The zero-order valence-corrected chi connectivity index (χ0v) is 16.0. The first-order chi connectivity index (χ1) is 10.6. The third kappa shape index (κ3) is 7.34. The fraction of sp³-hybridized carbons (Fsp3) is 0.909. The molecular weight excluding hydrogens is 264 g/mol. The Balaban J connectivity index is 2.23. The first-order valence-corrected chi connectivity index (χ1v) is 10.3. The Labute approximate surface area is 141 Å². The molecule has 130 valence electrons. The molecule has 0 aliphatic heterocycles. The number of hydrogen-bond acceptors (Lipinski definition) is 0. The fourth-order valence-electron chi connectivity index (χ4n) is 4.35. The molecular formula is C22H42. The van der Waals surface area contributed by atoms with Crippen LogP contribution in [0.4, 0.5) is 0 Å². The van der Waals surface area contributed by atoms with E-state index in [1.54, 1.807) is 5.57 Å². The average molecular weight is 307 g/mol. The van der Waals surface area contributed by atoms with Gasteiger partial charge in [-0.25, -0.2) is 0 Å². The van der Waals surface area contributed by atoms with Crippen LogP contribution in [0.1, 0.15) is 105 Å². The van der Waals surface area contributed by atoms with E-state index in [9.17, 15) is 0 Å². The van der Waals surface area contributed by atoms with Gasteiger partial charge in [0.15, 0.2) is 0 Å². The van der Waals surface area contributed by atoms with Crippen molar-refractivity contribution in [2.24, 2.45) is 23.7 Å². The molecule has 3 unspecified atom stereocenters. The van der Waals surface area contributed by atoms with Gasteiger partial charge in [-0.15, -0.1) is 0 Å². The number of allylic oxidation sites excluding steroid dienone is 1. The third-order valence-electron chi connectivity index (χ3n) is 6.13. The zero-order valence-electron chi connectivity index (χ0n) is 16.0. The maximum atomic E-state index is 4.43. The van der Waals surface area contributed by atoms with Crippen LogP contribution in [0.25, 0.3) is 0 Å². The van der Waals surface area contributed by atoms with Crippen LogP contribution in [-0.4, -0.2) is 0 Å². The van der Waals surface area contributed by atoms with Crippen molar-refractivity contribution in [2.75, 3.05) is 0 Å². The van der Waals surface area contributed by atoms with E-state index >= 15 is 0 Å². The Kier molecular flexibility index (Phi) is 10.2.